The fourth-order valence-corrected chi connectivity index (χ4v) is 2.96. The van der Waals surface area contributed by atoms with Crippen molar-refractivity contribution in [3.8, 4) is 0 Å². The van der Waals surface area contributed by atoms with Crippen LogP contribution in [-0.4, -0.2) is 22.9 Å². The molecule has 0 unspecified atom stereocenters. The Balaban J connectivity index is 0.00000242. The number of carbonyl (C=O) groups is 1. The van der Waals surface area contributed by atoms with E-state index < -0.39 is 0 Å². The summed E-state index contributed by atoms with van der Waals surface area (Å²) >= 11 is 0. The van der Waals surface area contributed by atoms with Gasteiger partial charge in [0.1, 0.15) is 0 Å². The summed E-state index contributed by atoms with van der Waals surface area (Å²) in [7, 11) is 0. The number of hydrogen-bond donors (Lipinski definition) is 0. The summed E-state index contributed by atoms with van der Waals surface area (Å²) in [6.07, 6.45) is 2.01. The molecule has 0 spiro atoms. The van der Waals surface area contributed by atoms with E-state index in [2.05, 4.69) is 39.8 Å². The zero-order valence-corrected chi connectivity index (χ0v) is 14.6. The van der Waals surface area contributed by atoms with E-state index in [-0.39, 0.29) is 36.9 Å². The second-order valence-electron chi connectivity index (χ2n) is 5.94. The predicted octanol–water partition coefficient (Wildman–Crippen LogP) is 1.68. The van der Waals surface area contributed by atoms with Crippen LogP contribution in [0.15, 0.2) is 36.4 Å². The van der Waals surface area contributed by atoms with Crippen LogP contribution in [0.3, 0.4) is 0 Å². The van der Waals surface area contributed by atoms with Crippen LogP contribution in [0.2, 0.25) is 0 Å². The number of hydrogen-bond acceptors (Lipinski definition) is 1. The average molecular weight is 289 g/mol. The molecule has 3 heteroatoms. The maximum Gasteiger partial charge on any atom is 1.00 e. The minimum Gasteiger partial charge on any atom is -0.344 e. The molecule has 1 amide bonds. The molecule has 0 aromatic heterocycles. The zero-order chi connectivity index (χ0) is 15.6. The average Bonchev–Trinajstić information content (AvgIpc) is 2.45. The van der Waals surface area contributed by atoms with Crippen LogP contribution in [0.4, 0.5) is 0 Å². The topological polar surface area (TPSA) is 20.3 Å². The first-order valence-corrected chi connectivity index (χ1v) is 7.61. The maximum atomic E-state index is 13.1. The van der Waals surface area contributed by atoms with Gasteiger partial charge in [0.2, 0.25) is 0 Å². The van der Waals surface area contributed by atoms with Gasteiger partial charge in [-0.1, -0.05) is 42.1 Å². The van der Waals surface area contributed by atoms with Gasteiger partial charge in [0.15, 0.2) is 5.91 Å². The fourth-order valence-electron chi connectivity index (χ4n) is 2.96. The van der Waals surface area contributed by atoms with Crippen LogP contribution < -0.4 is 18.9 Å². The third kappa shape index (κ3) is 3.51. The van der Waals surface area contributed by atoms with Crippen molar-refractivity contribution in [3.63, 3.8) is 0 Å². The van der Waals surface area contributed by atoms with Gasteiger partial charge in [-0.05, 0) is 33.1 Å². The van der Waals surface area contributed by atoms with E-state index in [1.54, 1.807) is 0 Å². The molecule has 112 valence electrons. The van der Waals surface area contributed by atoms with Crippen molar-refractivity contribution in [1.29, 1.82) is 0 Å². The minimum atomic E-state index is 0. The third-order valence-corrected chi connectivity index (χ3v) is 3.83. The molecule has 0 N–H and O–H groups in total. The fraction of sp³-hybridized carbons (Fsp3) is 0.368. The molecule has 2 nitrogen and oxygen atoms in total. The molecule has 22 heavy (non-hydrogen) atoms. The van der Waals surface area contributed by atoms with Crippen LogP contribution >= 0.6 is 0 Å². The van der Waals surface area contributed by atoms with Crippen molar-refractivity contribution in [1.82, 2.24) is 4.90 Å². The number of fused-ring (bicyclic) bond motifs is 1. The predicted molar refractivity (Wildman–Crippen MR) is 89.5 cm³/mol. The van der Waals surface area contributed by atoms with Crippen molar-refractivity contribution in [2.24, 2.45) is 0 Å². The molecule has 0 radical (unpaired) electrons. The minimum absolute atomic E-state index is 0. The molecule has 0 heterocycles. The van der Waals surface area contributed by atoms with Crippen molar-refractivity contribution in [2.75, 3.05) is 0 Å². The molecular weight excluding hydrogens is 265 g/mol. The van der Waals surface area contributed by atoms with Gasteiger partial charge in [0, 0.05) is 12.1 Å². The van der Waals surface area contributed by atoms with Gasteiger partial charge in [0.25, 0.3) is 0 Å². The third-order valence-electron chi connectivity index (χ3n) is 3.83. The maximum absolute atomic E-state index is 13.1. The summed E-state index contributed by atoms with van der Waals surface area (Å²) in [6.45, 7) is 10.3. The summed E-state index contributed by atoms with van der Waals surface area (Å²) in [5.41, 5.74) is 1.82. The SMILES string of the molecule is C[CH-]c1ccc2ccccc2c1C(=O)N(C(C)C)C(C)C.[Li+]. The Kier molecular flexibility index (Phi) is 6.60. The van der Waals surface area contributed by atoms with Gasteiger partial charge in [-0.15, -0.1) is 6.07 Å². The summed E-state index contributed by atoms with van der Waals surface area (Å²) in [5.74, 6) is 0.116. The smallest absolute Gasteiger partial charge is 0.344 e. The molecule has 0 saturated heterocycles. The number of rotatable bonds is 4. The van der Waals surface area contributed by atoms with E-state index in [4.69, 9.17) is 0 Å². The monoisotopic (exact) mass is 289 g/mol. The molecular formula is C19H24LiNO. The Morgan fingerprint density at radius 2 is 1.59 bits per heavy atom. The van der Waals surface area contributed by atoms with Crippen molar-refractivity contribution in [2.45, 2.75) is 46.7 Å². The van der Waals surface area contributed by atoms with Gasteiger partial charge in [0.05, 0.1) is 0 Å². The normalized spacial score (nSPS) is 10.7. The summed E-state index contributed by atoms with van der Waals surface area (Å²) in [4.78, 5) is 15.1. The number of carbonyl (C=O) groups excluding carboxylic acids is 1. The van der Waals surface area contributed by atoms with Crippen LogP contribution in [-0.2, 0) is 0 Å². The van der Waals surface area contributed by atoms with Gasteiger partial charge in [-0.25, -0.2) is 0 Å². The number of benzene rings is 2. The van der Waals surface area contributed by atoms with E-state index in [9.17, 15) is 4.79 Å². The first-order chi connectivity index (χ1) is 9.97. The van der Waals surface area contributed by atoms with E-state index in [0.29, 0.717) is 0 Å². The second-order valence-corrected chi connectivity index (χ2v) is 5.94. The summed E-state index contributed by atoms with van der Waals surface area (Å²) in [5, 5.41) is 2.14. The Morgan fingerprint density at radius 1 is 1.00 bits per heavy atom. The zero-order valence-electron chi connectivity index (χ0n) is 14.6. The molecule has 0 aliphatic rings. The van der Waals surface area contributed by atoms with Crippen LogP contribution in [0, 0.1) is 6.42 Å². The molecule has 0 saturated carbocycles. The van der Waals surface area contributed by atoms with Crippen molar-refractivity contribution < 1.29 is 23.7 Å². The van der Waals surface area contributed by atoms with Crippen molar-refractivity contribution >= 4 is 16.7 Å². The quantitative estimate of drug-likeness (QED) is 0.619. The first-order valence-electron chi connectivity index (χ1n) is 7.61. The van der Waals surface area contributed by atoms with Crippen LogP contribution in [0.1, 0.15) is 50.5 Å². The summed E-state index contributed by atoms with van der Waals surface area (Å²) < 4.78 is 0. The molecule has 0 fully saturated rings. The second kappa shape index (κ2) is 7.77. The van der Waals surface area contributed by atoms with Crippen LogP contribution in [0.5, 0.6) is 0 Å². The molecule has 0 bridgehead atoms. The van der Waals surface area contributed by atoms with Gasteiger partial charge < -0.3 is 4.90 Å². The Morgan fingerprint density at radius 3 is 2.14 bits per heavy atom. The van der Waals surface area contributed by atoms with E-state index >= 15 is 0 Å². The summed E-state index contributed by atoms with van der Waals surface area (Å²) in [6, 6.07) is 12.6. The van der Waals surface area contributed by atoms with Crippen LogP contribution in [0.25, 0.3) is 10.8 Å². The van der Waals surface area contributed by atoms with Gasteiger partial charge in [-0.2, -0.15) is 18.1 Å². The number of amides is 1. The Labute approximate surface area is 146 Å². The molecule has 0 aliphatic heterocycles. The standard InChI is InChI=1S/C19H24NO.Li/c1-6-15-11-12-16-9-7-8-10-17(16)18(15)19(21)20(13(2)3)14(4)5;/h6-14H,1-5H3;/q-1;+1. The molecule has 2 rings (SSSR count). The molecule has 2 aromatic rings. The van der Waals surface area contributed by atoms with E-state index in [1.165, 1.54) is 0 Å². The molecule has 2 aromatic carbocycles. The van der Waals surface area contributed by atoms with Gasteiger partial charge >= 0.3 is 18.9 Å². The van der Waals surface area contributed by atoms with E-state index in [1.807, 2.05) is 42.5 Å². The first kappa shape index (κ1) is 18.7. The van der Waals surface area contributed by atoms with Gasteiger partial charge in [-0.3, -0.25) is 4.79 Å². The largest absolute Gasteiger partial charge is 1.00 e. The molecule has 0 aliphatic carbocycles. The Bertz CT molecular complexity index is 641. The molecule has 0 atom stereocenters. The van der Waals surface area contributed by atoms with Crippen molar-refractivity contribution in [3.05, 3.63) is 53.9 Å². The van der Waals surface area contributed by atoms with E-state index in [0.717, 1.165) is 21.9 Å². The Hall–Kier alpha value is -1.36. The number of nitrogens with zero attached hydrogens (tertiary/aromatic N) is 1.